The summed E-state index contributed by atoms with van der Waals surface area (Å²) in [5.41, 5.74) is 0.541. The van der Waals surface area contributed by atoms with Crippen molar-refractivity contribution < 1.29 is 9.50 Å². The zero-order chi connectivity index (χ0) is 14.4. The molecule has 0 saturated heterocycles. The van der Waals surface area contributed by atoms with Crippen LogP contribution in [-0.4, -0.2) is 17.8 Å². The van der Waals surface area contributed by atoms with E-state index in [1.54, 1.807) is 6.07 Å². The van der Waals surface area contributed by atoms with Gasteiger partial charge in [0.05, 0.1) is 21.8 Å². The second-order valence-electron chi connectivity index (χ2n) is 4.43. The molecule has 0 amide bonds. The quantitative estimate of drug-likeness (QED) is 0.837. The number of hydrogen-bond acceptors (Lipinski definition) is 3. The number of aliphatic hydroxyl groups excluding tert-OH is 1. The summed E-state index contributed by atoms with van der Waals surface area (Å²) >= 11 is 3.05. The van der Waals surface area contributed by atoms with E-state index in [9.17, 15) is 9.50 Å². The summed E-state index contributed by atoms with van der Waals surface area (Å²) in [6.07, 6.45) is 1.27. The molecule has 1 aromatic carbocycles. The molecule has 19 heavy (non-hydrogen) atoms. The van der Waals surface area contributed by atoms with Crippen molar-refractivity contribution in [3.05, 3.63) is 28.0 Å². The van der Waals surface area contributed by atoms with Crippen LogP contribution in [0.5, 0.6) is 0 Å². The fourth-order valence-electron chi connectivity index (χ4n) is 1.99. The summed E-state index contributed by atoms with van der Waals surface area (Å²) in [5.74, 6) is -0.298. The molecule has 0 heterocycles. The van der Waals surface area contributed by atoms with Crippen molar-refractivity contribution in [3.8, 4) is 6.07 Å². The number of aliphatic hydroxyl groups is 1. The normalized spacial score (nSPS) is 12.3. The highest BCUT2D eigenvalue weighted by Crippen LogP contribution is 2.26. The standard InChI is InChI=1S/C14H18BrFN2O/c1-3-9(4-2)12(19)8-18-11-6-5-10(7-17)13(15)14(11)16/h5-6,9,12,18-19H,3-4,8H2,1-2H3. The van der Waals surface area contributed by atoms with Gasteiger partial charge in [0.25, 0.3) is 0 Å². The summed E-state index contributed by atoms with van der Waals surface area (Å²) in [5, 5.41) is 21.7. The lowest BCUT2D eigenvalue weighted by Crippen LogP contribution is -2.28. The maximum absolute atomic E-state index is 13.9. The molecule has 3 nitrogen and oxygen atoms in total. The third-order valence-corrected chi connectivity index (χ3v) is 4.07. The number of nitriles is 1. The van der Waals surface area contributed by atoms with E-state index in [1.165, 1.54) is 6.07 Å². The highest BCUT2D eigenvalue weighted by molar-refractivity contribution is 9.10. The average molecular weight is 329 g/mol. The predicted octanol–water partition coefficient (Wildman–Crippen LogP) is 3.67. The molecule has 0 aromatic heterocycles. The van der Waals surface area contributed by atoms with Crippen LogP contribution in [0.25, 0.3) is 0 Å². The number of hydrogen-bond donors (Lipinski definition) is 2. The maximum atomic E-state index is 13.9. The Kier molecular flexibility index (Phi) is 6.26. The van der Waals surface area contributed by atoms with E-state index in [-0.39, 0.29) is 21.6 Å². The predicted molar refractivity (Wildman–Crippen MR) is 77.4 cm³/mol. The van der Waals surface area contributed by atoms with Crippen LogP contribution in [0.3, 0.4) is 0 Å². The van der Waals surface area contributed by atoms with E-state index in [0.29, 0.717) is 6.54 Å². The molecular formula is C14H18BrFN2O. The number of anilines is 1. The molecule has 0 aliphatic heterocycles. The first-order valence-corrected chi connectivity index (χ1v) is 7.14. The minimum atomic E-state index is -0.510. The second-order valence-corrected chi connectivity index (χ2v) is 5.22. The Hall–Kier alpha value is -1.12. The van der Waals surface area contributed by atoms with Gasteiger partial charge in [0.2, 0.25) is 0 Å². The highest BCUT2D eigenvalue weighted by Gasteiger charge is 2.17. The van der Waals surface area contributed by atoms with Gasteiger partial charge in [-0.25, -0.2) is 4.39 Å². The van der Waals surface area contributed by atoms with Crippen LogP contribution in [0.15, 0.2) is 16.6 Å². The molecule has 1 rings (SSSR count). The van der Waals surface area contributed by atoms with Gasteiger partial charge >= 0.3 is 0 Å². The van der Waals surface area contributed by atoms with E-state index in [4.69, 9.17) is 5.26 Å². The van der Waals surface area contributed by atoms with E-state index < -0.39 is 11.9 Å². The van der Waals surface area contributed by atoms with Crippen LogP contribution >= 0.6 is 15.9 Å². The third-order valence-electron chi connectivity index (χ3n) is 3.30. The summed E-state index contributed by atoms with van der Waals surface area (Å²) < 4.78 is 14.1. The zero-order valence-corrected chi connectivity index (χ0v) is 12.7. The average Bonchev–Trinajstić information content (AvgIpc) is 2.42. The fourth-order valence-corrected chi connectivity index (χ4v) is 2.42. The molecule has 0 aliphatic rings. The number of halogens is 2. The molecule has 0 bridgehead atoms. The Bertz CT molecular complexity index is 469. The van der Waals surface area contributed by atoms with Gasteiger partial charge in [-0.15, -0.1) is 0 Å². The van der Waals surface area contributed by atoms with Crippen LogP contribution in [0, 0.1) is 23.1 Å². The van der Waals surface area contributed by atoms with Crippen LogP contribution in [0.1, 0.15) is 32.3 Å². The summed E-state index contributed by atoms with van der Waals surface area (Å²) in [6.45, 7) is 4.34. The molecule has 2 N–H and O–H groups in total. The first kappa shape index (κ1) is 15.9. The first-order chi connectivity index (χ1) is 9.04. The summed E-state index contributed by atoms with van der Waals surface area (Å²) in [4.78, 5) is 0. The molecule has 0 aliphatic carbocycles. The van der Waals surface area contributed by atoms with E-state index >= 15 is 0 Å². The van der Waals surface area contributed by atoms with Crippen LogP contribution in [0.4, 0.5) is 10.1 Å². The van der Waals surface area contributed by atoms with E-state index in [1.807, 2.05) is 19.9 Å². The zero-order valence-electron chi connectivity index (χ0n) is 11.1. The van der Waals surface area contributed by atoms with Crippen molar-refractivity contribution in [2.75, 3.05) is 11.9 Å². The maximum Gasteiger partial charge on any atom is 0.161 e. The largest absolute Gasteiger partial charge is 0.391 e. The van der Waals surface area contributed by atoms with Gasteiger partial charge in [0.15, 0.2) is 5.82 Å². The Morgan fingerprint density at radius 1 is 1.42 bits per heavy atom. The van der Waals surface area contributed by atoms with Gasteiger partial charge in [-0.1, -0.05) is 26.7 Å². The first-order valence-electron chi connectivity index (χ1n) is 6.35. The van der Waals surface area contributed by atoms with Gasteiger partial charge in [-0.2, -0.15) is 5.26 Å². The summed E-state index contributed by atoms with van der Waals surface area (Å²) in [6, 6.07) is 4.95. The third kappa shape index (κ3) is 3.92. The van der Waals surface area contributed by atoms with Crippen LogP contribution < -0.4 is 5.32 Å². The van der Waals surface area contributed by atoms with Gasteiger partial charge in [-0.3, -0.25) is 0 Å². The van der Waals surface area contributed by atoms with E-state index in [2.05, 4.69) is 21.2 Å². The van der Waals surface area contributed by atoms with Crippen molar-refractivity contribution in [1.29, 1.82) is 5.26 Å². The SMILES string of the molecule is CCC(CC)C(O)CNc1ccc(C#N)c(Br)c1F. The number of nitrogens with zero attached hydrogens (tertiary/aromatic N) is 1. The fraction of sp³-hybridized carbons (Fsp3) is 0.500. The molecule has 0 spiro atoms. The molecule has 1 unspecified atom stereocenters. The molecule has 104 valence electrons. The molecule has 0 saturated carbocycles. The van der Waals surface area contributed by atoms with E-state index in [0.717, 1.165) is 12.8 Å². The van der Waals surface area contributed by atoms with Crippen molar-refractivity contribution >= 4 is 21.6 Å². The van der Waals surface area contributed by atoms with Gasteiger partial charge in [0.1, 0.15) is 6.07 Å². The monoisotopic (exact) mass is 328 g/mol. The van der Waals surface area contributed by atoms with Crippen LogP contribution in [-0.2, 0) is 0 Å². The second kappa shape index (κ2) is 7.46. The van der Waals surface area contributed by atoms with Crippen molar-refractivity contribution in [1.82, 2.24) is 0 Å². The van der Waals surface area contributed by atoms with Crippen LogP contribution in [0.2, 0.25) is 0 Å². The Morgan fingerprint density at radius 2 is 2.05 bits per heavy atom. The van der Waals surface area contributed by atoms with Gasteiger partial charge in [0, 0.05) is 6.54 Å². The molecule has 1 aromatic rings. The number of nitrogens with one attached hydrogen (secondary N) is 1. The Labute approximate surface area is 121 Å². The Balaban J connectivity index is 2.74. The minimum Gasteiger partial charge on any atom is -0.391 e. The molecule has 5 heteroatoms. The summed E-state index contributed by atoms with van der Waals surface area (Å²) in [7, 11) is 0. The lowest BCUT2D eigenvalue weighted by molar-refractivity contribution is 0.114. The smallest absolute Gasteiger partial charge is 0.161 e. The van der Waals surface area contributed by atoms with Crippen molar-refractivity contribution in [2.45, 2.75) is 32.8 Å². The lowest BCUT2D eigenvalue weighted by atomic mass is 9.96. The minimum absolute atomic E-state index is 0.150. The molecule has 1 atom stereocenters. The lowest BCUT2D eigenvalue weighted by Gasteiger charge is -2.21. The number of rotatable bonds is 6. The van der Waals surface area contributed by atoms with Crippen molar-refractivity contribution in [3.63, 3.8) is 0 Å². The number of benzene rings is 1. The molecule has 0 radical (unpaired) electrons. The molecular weight excluding hydrogens is 311 g/mol. The topological polar surface area (TPSA) is 56.0 Å². The Morgan fingerprint density at radius 3 is 2.58 bits per heavy atom. The highest BCUT2D eigenvalue weighted by atomic mass is 79.9. The molecule has 0 fully saturated rings. The van der Waals surface area contributed by atoms with Crippen molar-refractivity contribution in [2.24, 2.45) is 5.92 Å². The van der Waals surface area contributed by atoms with Gasteiger partial charge in [-0.05, 0) is 34.0 Å². The van der Waals surface area contributed by atoms with Gasteiger partial charge < -0.3 is 10.4 Å².